The first kappa shape index (κ1) is 30.3. The van der Waals surface area contributed by atoms with E-state index in [-0.39, 0.29) is 23.9 Å². The molecule has 2 atom stereocenters. The molecule has 2 aromatic heterocycles. The topological polar surface area (TPSA) is 102 Å². The fraction of sp³-hybridized carbons (Fsp3) is 0.382. The van der Waals surface area contributed by atoms with Crippen LogP contribution in [0, 0.1) is 0 Å². The number of piperazine rings is 1. The van der Waals surface area contributed by atoms with Crippen molar-refractivity contribution in [1.82, 2.24) is 29.9 Å². The van der Waals surface area contributed by atoms with Gasteiger partial charge in [0.05, 0.1) is 30.5 Å². The van der Waals surface area contributed by atoms with Gasteiger partial charge in [-0.25, -0.2) is 4.98 Å². The lowest BCUT2D eigenvalue weighted by Crippen LogP contribution is -2.43. The van der Waals surface area contributed by atoms with Gasteiger partial charge in [0.15, 0.2) is 0 Å². The van der Waals surface area contributed by atoms with Gasteiger partial charge in [0.1, 0.15) is 5.82 Å². The number of aromatic nitrogens is 3. The molecule has 0 radical (unpaired) electrons. The van der Waals surface area contributed by atoms with E-state index in [2.05, 4.69) is 74.7 Å². The Bertz CT molecular complexity index is 1600. The number of likely N-dealkylation sites (N-methyl/N-ethyl adjacent to an activating group) is 1. The molecule has 0 spiro atoms. The molecule has 1 aliphatic heterocycles. The minimum atomic E-state index is -0.239. The number of carbonyl (C=O) groups excluding carboxylic acids is 1. The summed E-state index contributed by atoms with van der Waals surface area (Å²) in [6.07, 6.45) is 7.94. The fourth-order valence-corrected chi connectivity index (χ4v) is 6.37. The van der Waals surface area contributed by atoms with Gasteiger partial charge in [-0.2, -0.15) is 5.10 Å². The molecule has 2 fully saturated rings. The Labute approximate surface area is 264 Å². The average Bonchev–Trinajstić information content (AvgIpc) is 3.66. The van der Waals surface area contributed by atoms with Crippen LogP contribution in [-0.2, 0) is 24.9 Å². The lowest BCUT2D eigenvalue weighted by molar-refractivity contribution is 0.0272. The van der Waals surface area contributed by atoms with E-state index in [1.54, 1.807) is 23.1 Å². The Kier molecular flexibility index (Phi) is 9.28. The monoisotopic (exact) mass is 613 g/mol. The number of benzene rings is 2. The van der Waals surface area contributed by atoms with E-state index < -0.39 is 0 Å². The number of carbonyl (C=O) groups is 1. The number of hydrogen-bond donors (Lipinski definition) is 2. The number of aryl methyl sites for hydroxylation is 1. The van der Waals surface area contributed by atoms with Gasteiger partial charge in [0.25, 0.3) is 5.91 Å². The summed E-state index contributed by atoms with van der Waals surface area (Å²) < 4.78 is 8.03. The van der Waals surface area contributed by atoms with E-state index >= 15 is 0 Å². The van der Waals surface area contributed by atoms with Crippen LogP contribution in [0.4, 0.5) is 5.82 Å². The third-order valence-corrected chi connectivity index (χ3v) is 9.05. The largest absolute Gasteiger partial charge is 0.383 e. The number of anilines is 1. The van der Waals surface area contributed by atoms with Gasteiger partial charge in [-0.3, -0.25) is 14.4 Å². The second-order valence-electron chi connectivity index (χ2n) is 12.0. The number of pyridine rings is 1. The predicted molar refractivity (Wildman–Crippen MR) is 174 cm³/mol. The first-order valence-corrected chi connectivity index (χ1v) is 15.7. The van der Waals surface area contributed by atoms with Crippen molar-refractivity contribution in [2.75, 3.05) is 39.0 Å². The molecule has 3 N–H and O–H groups in total. The normalized spacial score (nSPS) is 19.3. The van der Waals surface area contributed by atoms with Gasteiger partial charge < -0.3 is 20.7 Å². The number of rotatable bonds is 9. The van der Waals surface area contributed by atoms with Crippen molar-refractivity contribution in [1.29, 1.82) is 0 Å². The number of nitrogen functional groups attached to an aromatic ring is 1. The molecule has 2 aliphatic rings. The van der Waals surface area contributed by atoms with Crippen molar-refractivity contribution in [3.05, 3.63) is 88.8 Å². The molecule has 9 nitrogen and oxygen atoms in total. The Morgan fingerprint density at radius 2 is 1.75 bits per heavy atom. The van der Waals surface area contributed by atoms with Gasteiger partial charge in [0, 0.05) is 73.9 Å². The molecule has 0 bridgehead atoms. The summed E-state index contributed by atoms with van der Waals surface area (Å²) in [5, 5.41) is 8.13. The summed E-state index contributed by atoms with van der Waals surface area (Å²) in [6, 6.07) is 16.5. The molecule has 2 aromatic carbocycles. The Morgan fingerprint density at radius 1 is 0.977 bits per heavy atom. The Morgan fingerprint density at radius 3 is 2.48 bits per heavy atom. The van der Waals surface area contributed by atoms with Crippen LogP contribution in [0.1, 0.15) is 40.7 Å². The van der Waals surface area contributed by atoms with Crippen LogP contribution < -0.4 is 11.1 Å². The van der Waals surface area contributed by atoms with E-state index in [1.165, 1.54) is 5.56 Å². The van der Waals surface area contributed by atoms with Crippen molar-refractivity contribution >= 4 is 23.3 Å². The number of nitrogens with zero attached hydrogens (tertiary/aromatic N) is 5. The molecule has 10 heteroatoms. The molecule has 1 saturated heterocycles. The quantitative estimate of drug-likeness (QED) is 0.274. The molecule has 1 amide bonds. The highest BCUT2D eigenvalue weighted by Gasteiger charge is 2.30. The lowest BCUT2D eigenvalue weighted by Gasteiger charge is -2.32. The van der Waals surface area contributed by atoms with Crippen LogP contribution in [0.2, 0.25) is 5.02 Å². The second kappa shape index (κ2) is 13.5. The third kappa shape index (κ3) is 7.13. The zero-order valence-corrected chi connectivity index (χ0v) is 26.1. The predicted octanol–water partition coefficient (Wildman–Crippen LogP) is 5.00. The summed E-state index contributed by atoms with van der Waals surface area (Å²) in [6.45, 7) is 5.77. The highest BCUT2D eigenvalue weighted by molar-refractivity contribution is 6.33. The smallest absolute Gasteiger partial charge is 0.255 e. The molecule has 1 saturated carbocycles. The zero-order chi connectivity index (χ0) is 30.6. The van der Waals surface area contributed by atoms with Crippen molar-refractivity contribution < 1.29 is 9.53 Å². The standard InChI is InChI=1S/C34H40ClN7O2/c1-40-12-14-42(15-13-40)20-24-8-11-28(30(35)16-24)25-9-6-23(7-10-25)22-44-32-5-3-4-31(32)39-34(43)29-17-26(18-37-33(29)36)27-19-38-41(2)21-27/h6-11,16-19,21,31-32H,3-5,12-15,20,22H2,1-2H3,(H2,36,37)(H,39,43)/t31-,32-/m0/s1. The first-order chi connectivity index (χ1) is 21.3. The van der Waals surface area contributed by atoms with Gasteiger partial charge in [-0.05, 0) is 55.1 Å². The van der Waals surface area contributed by atoms with Crippen LogP contribution >= 0.6 is 11.6 Å². The zero-order valence-electron chi connectivity index (χ0n) is 25.4. The van der Waals surface area contributed by atoms with E-state index in [1.807, 2.05) is 13.2 Å². The summed E-state index contributed by atoms with van der Waals surface area (Å²) in [7, 11) is 4.02. The van der Waals surface area contributed by atoms with E-state index in [9.17, 15) is 4.79 Å². The summed E-state index contributed by atoms with van der Waals surface area (Å²) >= 11 is 6.74. The molecular formula is C34H40ClN7O2. The number of ether oxygens (including phenoxy) is 1. The van der Waals surface area contributed by atoms with E-state index in [4.69, 9.17) is 22.1 Å². The molecule has 4 aromatic rings. The molecule has 3 heterocycles. The van der Waals surface area contributed by atoms with Crippen molar-refractivity contribution in [3.63, 3.8) is 0 Å². The van der Waals surface area contributed by atoms with Gasteiger partial charge in [-0.1, -0.05) is 48.0 Å². The lowest BCUT2D eigenvalue weighted by atomic mass is 10.0. The Balaban J connectivity index is 1.04. The van der Waals surface area contributed by atoms with Gasteiger partial charge >= 0.3 is 0 Å². The van der Waals surface area contributed by atoms with Crippen molar-refractivity contribution in [2.45, 2.75) is 44.6 Å². The molecule has 1 aliphatic carbocycles. The first-order valence-electron chi connectivity index (χ1n) is 15.3. The molecule has 0 unspecified atom stereocenters. The molecule has 6 rings (SSSR count). The second-order valence-corrected chi connectivity index (χ2v) is 12.4. The van der Waals surface area contributed by atoms with Crippen molar-refractivity contribution in [2.24, 2.45) is 7.05 Å². The van der Waals surface area contributed by atoms with Gasteiger partial charge in [0.2, 0.25) is 0 Å². The van der Waals surface area contributed by atoms with E-state index in [0.717, 1.165) is 84.8 Å². The van der Waals surface area contributed by atoms with E-state index in [0.29, 0.717) is 12.2 Å². The van der Waals surface area contributed by atoms with Crippen LogP contribution in [0.3, 0.4) is 0 Å². The number of hydrogen-bond acceptors (Lipinski definition) is 7. The fourth-order valence-electron chi connectivity index (χ4n) is 6.06. The highest BCUT2D eigenvalue weighted by atomic mass is 35.5. The summed E-state index contributed by atoms with van der Waals surface area (Å²) in [5.74, 6) is -0.0347. The number of halogens is 1. The maximum atomic E-state index is 13.2. The van der Waals surface area contributed by atoms with Gasteiger partial charge in [-0.15, -0.1) is 0 Å². The number of nitrogens with two attached hydrogens (primary N) is 1. The summed E-state index contributed by atoms with van der Waals surface area (Å²) in [4.78, 5) is 22.3. The number of amides is 1. The maximum Gasteiger partial charge on any atom is 0.255 e. The minimum absolute atomic E-state index is 0.0726. The van der Waals surface area contributed by atoms with Crippen LogP contribution in [0.25, 0.3) is 22.3 Å². The molecule has 44 heavy (non-hydrogen) atoms. The average molecular weight is 614 g/mol. The van der Waals surface area contributed by atoms with Crippen LogP contribution in [0.5, 0.6) is 0 Å². The number of nitrogens with one attached hydrogen (secondary N) is 1. The highest BCUT2D eigenvalue weighted by Crippen LogP contribution is 2.30. The minimum Gasteiger partial charge on any atom is -0.383 e. The summed E-state index contributed by atoms with van der Waals surface area (Å²) in [5.41, 5.74) is 12.6. The van der Waals surface area contributed by atoms with Crippen molar-refractivity contribution in [3.8, 4) is 22.3 Å². The molecule has 230 valence electrons. The Hall–Kier alpha value is -3.76. The van der Waals surface area contributed by atoms with Crippen LogP contribution in [-0.4, -0.2) is 75.8 Å². The molecular weight excluding hydrogens is 574 g/mol. The SMILES string of the molecule is CN1CCN(Cc2ccc(-c3ccc(CO[C@H]4CCC[C@@H]4NC(=O)c4cc(-c5cnn(C)c5)cnc4N)cc3)c(Cl)c2)CC1. The third-order valence-electron chi connectivity index (χ3n) is 8.73. The van der Waals surface area contributed by atoms with Crippen LogP contribution in [0.15, 0.2) is 67.1 Å². The maximum absolute atomic E-state index is 13.2.